The summed E-state index contributed by atoms with van der Waals surface area (Å²) in [7, 11) is 0. The van der Waals surface area contributed by atoms with E-state index in [0.29, 0.717) is 12.2 Å². The molecule has 0 N–H and O–H groups in total. The summed E-state index contributed by atoms with van der Waals surface area (Å²) >= 11 is 5.44. The van der Waals surface area contributed by atoms with Gasteiger partial charge in [-0.15, -0.1) is 0 Å². The molecule has 0 fully saturated rings. The highest BCUT2D eigenvalue weighted by molar-refractivity contribution is 6.29. The second-order valence-corrected chi connectivity index (χ2v) is 2.25. The van der Waals surface area contributed by atoms with Gasteiger partial charge in [0.1, 0.15) is 0 Å². The van der Waals surface area contributed by atoms with E-state index in [1.54, 1.807) is 19.1 Å². The Hall–Kier alpha value is -0.760. The van der Waals surface area contributed by atoms with E-state index in [4.69, 9.17) is 16.0 Å². The Balaban J connectivity index is 2.85. The summed E-state index contributed by atoms with van der Waals surface area (Å²) in [6.45, 7) is 1.78. The topological polar surface area (TPSA) is 30.2 Å². The fourth-order valence-electron chi connectivity index (χ4n) is 0.638. The number of hydrogen-bond acceptors (Lipinski definition) is 2. The molecular weight excluding hydrogens is 152 g/mol. The Bertz CT molecular complexity index is 240. The molecule has 0 spiro atoms. The molecular formula is C7H7ClO2. The van der Waals surface area contributed by atoms with Crippen molar-refractivity contribution in [3.05, 3.63) is 23.1 Å². The number of carbonyl (C=O) groups is 1. The summed E-state index contributed by atoms with van der Waals surface area (Å²) in [6.07, 6.45) is 0.448. The van der Waals surface area contributed by atoms with Crippen LogP contribution in [0.3, 0.4) is 0 Å². The van der Waals surface area contributed by atoms with E-state index in [1.807, 2.05) is 0 Å². The predicted octanol–water partition coefficient (Wildman–Crippen LogP) is 2.53. The maximum absolute atomic E-state index is 10.9. The van der Waals surface area contributed by atoms with Crippen LogP contribution in [0.2, 0.25) is 5.22 Å². The molecule has 1 heterocycles. The number of furan rings is 1. The molecule has 0 aliphatic rings. The average molecular weight is 159 g/mol. The zero-order valence-electron chi connectivity index (χ0n) is 5.56. The molecule has 0 saturated carbocycles. The lowest BCUT2D eigenvalue weighted by molar-refractivity contribution is 0.0961. The molecule has 1 rings (SSSR count). The van der Waals surface area contributed by atoms with Crippen molar-refractivity contribution in [1.29, 1.82) is 0 Å². The molecule has 2 nitrogen and oxygen atoms in total. The molecule has 54 valence electrons. The standard InChI is InChI=1S/C7H7ClO2/c1-2-5(9)6-3-4-7(8)10-6/h3-4H,2H2,1H3. The van der Waals surface area contributed by atoms with Crippen LogP contribution in [0.4, 0.5) is 0 Å². The molecule has 1 aromatic rings. The van der Waals surface area contributed by atoms with E-state index >= 15 is 0 Å². The van der Waals surface area contributed by atoms with Gasteiger partial charge < -0.3 is 4.42 Å². The lowest BCUT2D eigenvalue weighted by atomic mass is 10.2. The van der Waals surface area contributed by atoms with Crippen LogP contribution in [0.1, 0.15) is 23.9 Å². The second kappa shape index (κ2) is 2.88. The van der Waals surface area contributed by atoms with Crippen molar-refractivity contribution in [2.45, 2.75) is 13.3 Å². The number of halogens is 1. The molecule has 0 aromatic carbocycles. The van der Waals surface area contributed by atoms with Crippen molar-refractivity contribution < 1.29 is 9.21 Å². The van der Waals surface area contributed by atoms with Crippen LogP contribution in [0, 0.1) is 0 Å². The molecule has 0 unspecified atom stereocenters. The van der Waals surface area contributed by atoms with Crippen LogP contribution >= 0.6 is 11.6 Å². The largest absolute Gasteiger partial charge is 0.442 e. The molecule has 0 aliphatic heterocycles. The molecule has 0 radical (unpaired) electrons. The fraction of sp³-hybridized carbons (Fsp3) is 0.286. The molecule has 0 aliphatic carbocycles. The number of Topliss-reactive ketones (excluding diaryl/α,β-unsaturated/α-hetero) is 1. The predicted molar refractivity (Wildman–Crippen MR) is 38.3 cm³/mol. The lowest BCUT2D eigenvalue weighted by Gasteiger charge is -1.87. The average Bonchev–Trinajstić information content (AvgIpc) is 2.34. The summed E-state index contributed by atoms with van der Waals surface area (Å²) in [6, 6.07) is 3.14. The van der Waals surface area contributed by atoms with Gasteiger partial charge in [0.25, 0.3) is 0 Å². The smallest absolute Gasteiger partial charge is 0.197 e. The van der Waals surface area contributed by atoms with Crippen molar-refractivity contribution in [3.63, 3.8) is 0 Å². The van der Waals surface area contributed by atoms with Gasteiger partial charge in [-0.1, -0.05) is 6.92 Å². The van der Waals surface area contributed by atoms with Gasteiger partial charge in [-0.3, -0.25) is 4.79 Å². The SMILES string of the molecule is CCC(=O)c1ccc(Cl)o1. The Morgan fingerprint density at radius 3 is 2.80 bits per heavy atom. The summed E-state index contributed by atoms with van der Waals surface area (Å²) in [5, 5.41) is 0.261. The van der Waals surface area contributed by atoms with Crippen LogP contribution in [0.5, 0.6) is 0 Å². The van der Waals surface area contributed by atoms with Crippen molar-refractivity contribution in [3.8, 4) is 0 Å². The van der Waals surface area contributed by atoms with Crippen LogP contribution < -0.4 is 0 Å². The molecule has 1 aromatic heterocycles. The first-order valence-corrected chi connectivity index (χ1v) is 3.40. The number of carbonyl (C=O) groups excluding carboxylic acids is 1. The van der Waals surface area contributed by atoms with E-state index < -0.39 is 0 Å². The third-order valence-electron chi connectivity index (χ3n) is 1.17. The molecule has 0 bridgehead atoms. The fourth-order valence-corrected chi connectivity index (χ4v) is 0.784. The first kappa shape index (κ1) is 7.35. The zero-order chi connectivity index (χ0) is 7.56. The summed E-state index contributed by atoms with van der Waals surface area (Å²) in [5.74, 6) is 0.319. The Morgan fingerprint density at radius 1 is 1.70 bits per heavy atom. The van der Waals surface area contributed by atoms with Crippen LogP contribution in [-0.4, -0.2) is 5.78 Å². The van der Waals surface area contributed by atoms with E-state index in [0.717, 1.165) is 0 Å². The van der Waals surface area contributed by atoms with Gasteiger partial charge in [-0.2, -0.15) is 0 Å². The van der Waals surface area contributed by atoms with Crippen molar-refractivity contribution in [1.82, 2.24) is 0 Å². The van der Waals surface area contributed by atoms with Gasteiger partial charge in [0.15, 0.2) is 16.8 Å². The van der Waals surface area contributed by atoms with Gasteiger partial charge in [0.05, 0.1) is 0 Å². The first-order chi connectivity index (χ1) is 4.74. The molecule has 0 saturated heterocycles. The van der Waals surface area contributed by atoms with Gasteiger partial charge in [-0.05, 0) is 23.7 Å². The number of rotatable bonds is 2. The molecule has 3 heteroatoms. The third kappa shape index (κ3) is 1.39. The molecule has 10 heavy (non-hydrogen) atoms. The summed E-state index contributed by atoms with van der Waals surface area (Å²) in [5.41, 5.74) is 0. The highest BCUT2D eigenvalue weighted by atomic mass is 35.5. The van der Waals surface area contributed by atoms with Gasteiger partial charge in [-0.25, -0.2) is 0 Å². The minimum atomic E-state index is -0.0214. The normalized spacial score (nSPS) is 9.80. The van der Waals surface area contributed by atoms with Crippen molar-refractivity contribution in [2.75, 3.05) is 0 Å². The van der Waals surface area contributed by atoms with E-state index in [-0.39, 0.29) is 11.0 Å². The van der Waals surface area contributed by atoms with Gasteiger partial charge >= 0.3 is 0 Å². The minimum absolute atomic E-state index is 0.0214. The summed E-state index contributed by atoms with van der Waals surface area (Å²) < 4.78 is 4.85. The quantitative estimate of drug-likeness (QED) is 0.620. The lowest BCUT2D eigenvalue weighted by Crippen LogP contribution is -1.91. The maximum Gasteiger partial charge on any atom is 0.197 e. The number of ketones is 1. The Labute approximate surface area is 63.8 Å². The second-order valence-electron chi connectivity index (χ2n) is 1.88. The maximum atomic E-state index is 10.9. The summed E-state index contributed by atoms with van der Waals surface area (Å²) in [4.78, 5) is 10.9. The third-order valence-corrected chi connectivity index (χ3v) is 1.37. The molecule has 0 atom stereocenters. The van der Waals surface area contributed by atoms with E-state index in [1.165, 1.54) is 0 Å². The number of hydrogen-bond donors (Lipinski definition) is 0. The van der Waals surface area contributed by atoms with E-state index in [9.17, 15) is 4.79 Å². The van der Waals surface area contributed by atoms with Crippen molar-refractivity contribution in [2.24, 2.45) is 0 Å². The highest BCUT2D eigenvalue weighted by Crippen LogP contribution is 2.14. The van der Waals surface area contributed by atoms with Gasteiger partial charge in [0.2, 0.25) is 0 Å². The van der Waals surface area contributed by atoms with Crippen LogP contribution in [-0.2, 0) is 0 Å². The minimum Gasteiger partial charge on any atom is -0.442 e. The first-order valence-electron chi connectivity index (χ1n) is 3.02. The Kier molecular flexibility index (Phi) is 2.12. The highest BCUT2D eigenvalue weighted by Gasteiger charge is 2.06. The monoisotopic (exact) mass is 158 g/mol. The van der Waals surface area contributed by atoms with E-state index in [2.05, 4.69) is 0 Å². The van der Waals surface area contributed by atoms with Crippen LogP contribution in [0.15, 0.2) is 16.5 Å². The van der Waals surface area contributed by atoms with Crippen LogP contribution in [0.25, 0.3) is 0 Å². The molecule has 0 amide bonds. The zero-order valence-corrected chi connectivity index (χ0v) is 6.31. The van der Waals surface area contributed by atoms with Crippen molar-refractivity contribution >= 4 is 17.4 Å². The Morgan fingerprint density at radius 2 is 2.40 bits per heavy atom. The van der Waals surface area contributed by atoms with Gasteiger partial charge in [0, 0.05) is 6.42 Å².